The number of rotatable bonds is 5. The second-order valence-electron chi connectivity index (χ2n) is 5.96. The van der Waals surface area contributed by atoms with Crippen LogP contribution in [-0.2, 0) is 9.59 Å². The van der Waals surface area contributed by atoms with Crippen molar-refractivity contribution in [2.24, 2.45) is 0 Å². The van der Waals surface area contributed by atoms with Crippen molar-refractivity contribution in [3.05, 3.63) is 70.3 Å². The first-order valence-electron chi connectivity index (χ1n) is 8.37. The highest BCUT2D eigenvalue weighted by Gasteiger charge is 2.06. The molecule has 0 fully saturated rings. The Hall–Kier alpha value is -2.90. The summed E-state index contributed by atoms with van der Waals surface area (Å²) in [5.41, 5.74) is 7.59. The minimum absolute atomic E-state index is 0.0476. The van der Waals surface area contributed by atoms with Gasteiger partial charge in [0.2, 0.25) is 5.91 Å². The van der Waals surface area contributed by atoms with E-state index in [1.165, 1.54) is 6.08 Å². The molecule has 28 heavy (non-hydrogen) atoms. The number of hydrogen-bond acceptors (Lipinski definition) is 4. The number of hydrogen-bond donors (Lipinski definition) is 3. The standard InChI is InChI=1S/C20H20ClN3O3S/c1-13-9-14(2)11-16(10-13)27-12-19(26)23-24-20(28)22-18(25)8-7-15-5-3-4-6-17(15)21/h3-11H,12H2,1-2H3,(H,23,26)(H2,22,24,25,28)/b8-7+. The minimum atomic E-state index is -0.460. The van der Waals surface area contributed by atoms with Gasteiger partial charge in [-0.2, -0.15) is 0 Å². The topological polar surface area (TPSA) is 79.5 Å². The van der Waals surface area contributed by atoms with Crippen LogP contribution in [0.1, 0.15) is 16.7 Å². The van der Waals surface area contributed by atoms with E-state index in [9.17, 15) is 9.59 Å². The van der Waals surface area contributed by atoms with E-state index in [1.807, 2.05) is 38.1 Å². The quantitative estimate of drug-likeness (QED) is 0.396. The molecule has 0 aliphatic carbocycles. The van der Waals surface area contributed by atoms with E-state index >= 15 is 0 Å². The summed E-state index contributed by atoms with van der Waals surface area (Å²) in [5, 5.41) is 2.89. The number of halogens is 1. The third-order valence-corrected chi connectivity index (χ3v) is 3.99. The number of ether oxygens (including phenoxy) is 1. The highest BCUT2D eigenvalue weighted by atomic mass is 35.5. The van der Waals surface area contributed by atoms with Crippen molar-refractivity contribution in [2.75, 3.05) is 6.61 Å². The maximum absolute atomic E-state index is 11.9. The van der Waals surface area contributed by atoms with Crippen molar-refractivity contribution in [1.29, 1.82) is 0 Å². The van der Waals surface area contributed by atoms with Crippen molar-refractivity contribution in [3.8, 4) is 5.75 Å². The van der Waals surface area contributed by atoms with Crippen molar-refractivity contribution in [2.45, 2.75) is 13.8 Å². The van der Waals surface area contributed by atoms with Gasteiger partial charge >= 0.3 is 0 Å². The van der Waals surface area contributed by atoms with Gasteiger partial charge < -0.3 is 4.74 Å². The summed E-state index contributed by atoms with van der Waals surface area (Å²) < 4.78 is 5.44. The Morgan fingerprint density at radius 1 is 1.11 bits per heavy atom. The number of carbonyl (C=O) groups is 2. The molecule has 3 N–H and O–H groups in total. The molecule has 146 valence electrons. The van der Waals surface area contributed by atoms with Gasteiger partial charge in [-0.1, -0.05) is 35.9 Å². The monoisotopic (exact) mass is 417 g/mol. The van der Waals surface area contributed by atoms with E-state index in [0.29, 0.717) is 16.3 Å². The molecule has 8 heteroatoms. The minimum Gasteiger partial charge on any atom is -0.484 e. The molecule has 2 rings (SSSR count). The van der Waals surface area contributed by atoms with E-state index in [0.717, 1.165) is 11.1 Å². The number of thiocarbonyl (C=S) groups is 1. The molecule has 0 radical (unpaired) electrons. The molecule has 0 saturated heterocycles. The van der Waals surface area contributed by atoms with Crippen LogP contribution >= 0.6 is 23.8 Å². The fourth-order valence-electron chi connectivity index (χ4n) is 2.29. The summed E-state index contributed by atoms with van der Waals surface area (Å²) in [5.74, 6) is -0.297. The highest BCUT2D eigenvalue weighted by Crippen LogP contribution is 2.16. The van der Waals surface area contributed by atoms with Gasteiger partial charge in [-0.05, 0) is 67.0 Å². The fraction of sp³-hybridized carbons (Fsp3) is 0.150. The maximum atomic E-state index is 11.9. The molecule has 0 bridgehead atoms. The average molecular weight is 418 g/mol. The van der Waals surface area contributed by atoms with E-state index in [2.05, 4.69) is 16.2 Å². The van der Waals surface area contributed by atoms with Gasteiger partial charge in [0.15, 0.2) is 11.7 Å². The summed E-state index contributed by atoms with van der Waals surface area (Å²) in [6.07, 6.45) is 2.86. The smallest absolute Gasteiger partial charge is 0.276 e. The van der Waals surface area contributed by atoms with Crippen molar-refractivity contribution < 1.29 is 14.3 Å². The number of amides is 2. The molecule has 2 aromatic carbocycles. The Morgan fingerprint density at radius 2 is 1.79 bits per heavy atom. The molecule has 0 aliphatic rings. The zero-order valence-electron chi connectivity index (χ0n) is 15.4. The van der Waals surface area contributed by atoms with Gasteiger partial charge in [0, 0.05) is 11.1 Å². The summed E-state index contributed by atoms with van der Waals surface area (Å²) in [7, 11) is 0. The largest absolute Gasteiger partial charge is 0.484 e. The maximum Gasteiger partial charge on any atom is 0.276 e. The van der Waals surface area contributed by atoms with Crippen LogP contribution in [0.5, 0.6) is 5.75 Å². The second-order valence-corrected chi connectivity index (χ2v) is 6.77. The van der Waals surface area contributed by atoms with Crippen LogP contribution in [-0.4, -0.2) is 23.5 Å². The molecule has 0 heterocycles. The van der Waals surface area contributed by atoms with Gasteiger partial charge in [-0.25, -0.2) is 0 Å². The van der Waals surface area contributed by atoms with E-state index < -0.39 is 11.8 Å². The predicted molar refractivity (Wildman–Crippen MR) is 114 cm³/mol. The predicted octanol–water partition coefficient (Wildman–Crippen LogP) is 3.07. The van der Waals surface area contributed by atoms with Crippen LogP contribution in [0.4, 0.5) is 0 Å². The SMILES string of the molecule is Cc1cc(C)cc(OCC(=O)NNC(=S)NC(=O)/C=C/c2ccccc2Cl)c1. The first kappa shape index (κ1) is 21.4. The van der Waals surface area contributed by atoms with Crippen LogP contribution in [0.25, 0.3) is 6.08 Å². The summed E-state index contributed by atoms with van der Waals surface area (Å²) in [6.45, 7) is 3.70. The van der Waals surface area contributed by atoms with Crippen LogP contribution in [0.3, 0.4) is 0 Å². The van der Waals surface area contributed by atoms with Gasteiger partial charge in [0.25, 0.3) is 5.91 Å². The molecule has 2 amide bonds. The van der Waals surface area contributed by atoms with Crippen molar-refractivity contribution >= 4 is 46.8 Å². The molecular weight excluding hydrogens is 398 g/mol. The lowest BCUT2D eigenvalue weighted by Crippen LogP contribution is -2.49. The summed E-state index contributed by atoms with van der Waals surface area (Å²) in [6, 6.07) is 12.8. The number of carbonyl (C=O) groups excluding carboxylic acids is 2. The Kier molecular flexibility index (Phi) is 7.98. The number of benzene rings is 2. The first-order valence-corrected chi connectivity index (χ1v) is 9.15. The van der Waals surface area contributed by atoms with E-state index in [4.69, 9.17) is 28.6 Å². The lowest BCUT2D eigenvalue weighted by molar-refractivity contribution is -0.123. The zero-order valence-corrected chi connectivity index (χ0v) is 17.0. The highest BCUT2D eigenvalue weighted by molar-refractivity contribution is 7.80. The normalized spacial score (nSPS) is 10.4. The Labute approximate surface area is 173 Å². The van der Waals surface area contributed by atoms with Crippen molar-refractivity contribution in [1.82, 2.24) is 16.2 Å². The molecular formula is C20H20ClN3O3S. The lowest BCUT2D eigenvalue weighted by Gasteiger charge is -2.11. The molecule has 0 atom stereocenters. The number of hydrazine groups is 1. The molecule has 0 saturated carbocycles. The summed E-state index contributed by atoms with van der Waals surface area (Å²) >= 11 is 11.0. The molecule has 2 aromatic rings. The van der Waals surface area contributed by atoms with Crippen LogP contribution < -0.4 is 20.9 Å². The van der Waals surface area contributed by atoms with Crippen LogP contribution in [0.2, 0.25) is 5.02 Å². The van der Waals surface area contributed by atoms with Gasteiger partial charge in [-0.3, -0.25) is 25.8 Å². The number of aryl methyl sites for hydroxylation is 2. The van der Waals surface area contributed by atoms with Gasteiger partial charge in [0.1, 0.15) is 5.75 Å². The van der Waals surface area contributed by atoms with Gasteiger partial charge in [-0.15, -0.1) is 0 Å². The molecule has 0 aromatic heterocycles. The second kappa shape index (κ2) is 10.4. The Bertz CT molecular complexity index is 895. The third kappa shape index (κ3) is 7.38. The van der Waals surface area contributed by atoms with Crippen LogP contribution in [0, 0.1) is 13.8 Å². The first-order chi connectivity index (χ1) is 13.3. The Balaban J connectivity index is 1.73. The molecule has 0 aliphatic heterocycles. The van der Waals surface area contributed by atoms with Crippen molar-refractivity contribution in [3.63, 3.8) is 0 Å². The number of nitrogens with one attached hydrogen (secondary N) is 3. The van der Waals surface area contributed by atoms with E-state index in [1.54, 1.807) is 24.3 Å². The molecule has 6 nitrogen and oxygen atoms in total. The zero-order chi connectivity index (χ0) is 20.5. The average Bonchev–Trinajstić information content (AvgIpc) is 2.63. The lowest BCUT2D eigenvalue weighted by atomic mass is 10.1. The van der Waals surface area contributed by atoms with E-state index in [-0.39, 0.29) is 11.7 Å². The third-order valence-electron chi connectivity index (χ3n) is 3.44. The molecule has 0 spiro atoms. The summed E-state index contributed by atoms with van der Waals surface area (Å²) in [4.78, 5) is 23.7. The Morgan fingerprint density at radius 3 is 2.46 bits per heavy atom. The molecule has 0 unspecified atom stereocenters. The van der Waals surface area contributed by atoms with Crippen LogP contribution in [0.15, 0.2) is 48.5 Å². The fourth-order valence-corrected chi connectivity index (χ4v) is 2.64. The van der Waals surface area contributed by atoms with Gasteiger partial charge in [0.05, 0.1) is 0 Å².